The average Bonchev–Trinajstić information content (AvgIpc) is 3.57. The largest absolute Gasteiger partial charge is 0.497 e. The van der Waals surface area contributed by atoms with Gasteiger partial charge in [-0.15, -0.1) is 0 Å². The Labute approximate surface area is 205 Å². The van der Waals surface area contributed by atoms with E-state index in [0.717, 1.165) is 35.5 Å². The summed E-state index contributed by atoms with van der Waals surface area (Å²) in [4.78, 5) is 16.1. The molecule has 0 N–H and O–H groups in total. The molecule has 35 heavy (non-hydrogen) atoms. The molecule has 3 aromatic carbocycles. The predicted molar refractivity (Wildman–Crippen MR) is 136 cm³/mol. The van der Waals surface area contributed by atoms with Gasteiger partial charge in [-0.25, -0.2) is 0 Å². The first-order valence-electron chi connectivity index (χ1n) is 11.9. The number of ketones is 1. The molecule has 1 aliphatic rings. The Morgan fingerprint density at radius 2 is 1.49 bits per heavy atom. The second kappa shape index (κ2) is 9.84. The Bertz CT molecular complexity index is 1320. The number of carbonyl (C=O) groups excluding carboxylic acids is 1. The fraction of sp³-hybridized carbons (Fsp3) is 0.276. The molecule has 0 radical (unpaired) electrons. The van der Waals surface area contributed by atoms with Crippen LogP contribution >= 0.6 is 0 Å². The molecule has 0 bridgehead atoms. The first kappa shape index (κ1) is 23.0. The maximum Gasteiger partial charge on any atom is 0.197 e. The summed E-state index contributed by atoms with van der Waals surface area (Å²) in [6.45, 7) is 4.19. The molecule has 0 spiro atoms. The molecule has 0 aliphatic carbocycles. The number of carbonyl (C=O) groups is 1. The molecule has 5 rings (SSSR count). The highest BCUT2D eigenvalue weighted by molar-refractivity contribution is 6.19. The lowest BCUT2D eigenvalue weighted by Crippen LogP contribution is -2.34. The van der Waals surface area contributed by atoms with Crippen molar-refractivity contribution in [3.8, 4) is 28.6 Å². The number of hydrogen-bond donors (Lipinski definition) is 0. The maximum absolute atomic E-state index is 13.8. The van der Waals surface area contributed by atoms with Gasteiger partial charge in [0, 0.05) is 35.7 Å². The second-order valence-corrected chi connectivity index (χ2v) is 8.71. The lowest BCUT2D eigenvalue weighted by Gasteiger charge is -2.24. The van der Waals surface area contributed by atoms with Crippen molar-refractivity contribution in [2.75, 3.05) is 27.3 Å². The molecule has 1 fully saturated rings. The molecule has 1 saturated heterocycles. The minimum Gasteiger partial charge on any atom is -0.497 e. The predicted octanol–water partition coefficient (Wildman–Crippen LogP) is 6.17. The number of likely N-dealkylation sites (tertiary alicyclic amines) is 1. The zero-order valence-electron chi connectivity index (χ0n) is 20.2. The molecule has 6 nitrogen and oxygen atoms in total. The number of benzene rings is 3. The van der Waals surface area contributed by atoms with Crippen LogP contribution in [0, 0.1) is 0 Å². The van der Waals surface area contributed by atoms with Crippen LogP contribution in [0.3, 0.4) is 0 Å². The lowest BCUT2D eigenvalue weighted by atomic mass is 9.97. The number of nitrogens with zero attached hydrogens (tertiary/aromatic N) is 1. The van der Waals surface area contributed by atoms with Crippen LogP contribution in [0.5, 0.6) is 17.2 Å². The van der Waals surface area contributed by atoms with Gasteiger partial charge in [0.05, 0.1) is 19.8 Å². The minimum absolute atomic E-state index is 0.00789. The van der Waals surface area contributed by atoms with E-state index in [9.17, 15) is 4.79 Å². The SMILES string of the molecule is COc1ccc(-c2oc3cc(OC)ccc3c2C(=O)c2ccc(OC(C)N3CCCC3)cc2)cc1. The van der Waals surface area contributed by atoms with Crippen LogP contribution in [0.25, 0.3) is 22.3 Å². The van der Waals surface area contributed by atoms with Crippen molar-refractivity contribution in [3.63, 3.8) is 0 Å². The Morgan fingerprint density at radius 3 is 2.14 bits per heavy atom. The van der Waals surface area contributed by atoms with E-state index >= 15 is 0 Å². The monoisotopic (exact) mass is 471 g/mol. The van der Waals surface area contributed by atoms with Crippen LogP contribution in [0.4, 0.5) is 0 Å². The van der Waals surface area contributed by atoms with E-state index < -0.39 is 0 Å². The lowest BCUT2D eigenvalue weighted by molar-refractivity contribution is 0.0592. The molecular formula is C29H29NO5. The maximum atomic E-state index is 13.8. The summed E-state index contributed by atoms with van der Waals surface area (Å²) < 4.78 is 22.9. The molecule has 0 amide bonds. The summed E-state index contributed by atoms with van der Waals surface area (Å²) >= 11 is 0. The van der Waals surface area contributed by atoms with Crippen molar-refractivity contribution >= 4 is 16.8 Å². The highest BCUT2D eigenvalue weighted by atomic mass is 16.5. The number of methoxy groups -OCH3 is 2. The summed E-state index contributed by atoms with van der Waals surface area (Å²) in [5.41, 5.74) is 2.48. The fourth-order valence-electron chi connectivity index (χ4n) is 4.58. The van der Waals surface area contributed by atoms with Gasteiger partial charge in [0.1, 0.15) is 34.8 Å². The molecule has 1 unspecified atom stereocenters. The molecule has 2 heterocycles. The van der Waals surface area contributed by atoms with Crippen molar-refractivity contribution in [2.24, 2.45) is 0 Å². The molecule has 1 aliphatic heterocycles. The molecule has 1 atom stereocenters. The van der Waals surface area contributed by atoms with Gasteiger partial charge in [-0.3, -0.25) is 9.69 Å². The number of fused-ring (bicyclic) bond motifs is 1. The Hall–Kier alpha value is -3.77. The van der Waals surface area contributed by atoms with Gasteiger partial charge in [0.2, 0.25) is 0 Å². The van der Waals surface area contributed by atoms with Crippen molar-refractivity contribution in [3.05, 3.63) is 77.9 Å². The van der Waals surface area contributed by atoms with Crippen LogP contribution in [0.1, 0.15) is 35.7 Å². The summed E-state index contributed by atoms with van der Waals surface area (Å²) in [5, 5.41) is 0.740. The number of furan rings is 1. The highest BCUT2D eigenvalue weighted by Crippen LogP contribution is 2.37. The molecular weight excluding hydrogens is 442 g/mol. The summed E-state index contributed by atoms with van der Waals surface area (Å²) in [6, 6.07) is 20.3. The second-order valence-electron chi connectivity index (χ2n) is 8.71. The Balaban J connectivity index is 1.49. The van der Waals surface area contributed by atoms with Gasteiger partial charge >= 0.3 is 0 Å². The Kier molecular flexibility index (Phi) is 6.47. The Morgan fingerprint density at radius 1 is 0.857 bits per heavy atom. The quantitative estimate of drug-likeness (QED) is 0.287. The number of rotatable bonds is 8. The van der Waals surface area contributed by atoms with Gasteiger partial charge in [0.25, 0.3) is 0 Å². The number of ether oxygens (including phenoxy) is 3. The molecule has 0 saturated carbocycles. The zero-order valence-corrected chi connectivity index (χ0v) is 20.2. The van der Waals surface area contributed by atoms with E-state index in [1.807, 2.05) is 60.7 Å². The smallest absolute Gasteiger partial charge is 0.197 e. The van der Waals surface area contributed by atoms with Crippen LogP contribution in [-0.4, -0.2) is 44.2 Å². The molecule has 180 valence electrons. The normalized spacial score (nSPS) is 14.7. The van der Waals surface area contributed by atoms with Gasteiger partial charge < -0.3 is 18.6 Å². The first-order chi connectivity index (χ1) is 17.1. The van der Waals surface area contributed by atoms with Crippen LogP contribution in [0.15, 0.2) is 71.1 Å². The van der Waals surface area contributed by atoms with Gasteiger partial charge in [-0.05, 0) is 80.4 Å². The van der Waals surface area contributed by atoms with E-state index in [4.69, 9.17) is 18.6 Å². The fourth-order valence-corrected chi connectivity index (χ4v) is 4.58. The van der Waals surface area contributed by atoms with Crippen molar-refractivity contribution < 1.29 is 23.4 Å². The molecule has 6 heteroatoms. The molecule has 4 aromatic rings. The topological polar surface area (TPSA) is 61.1 Å². The van der Waals surface area contributed by atoms with Crippen molar-refractivity contribution in [1.82, 2.24) is 4.90 Å². The third-order valence-corrected chi connectivity index (χ3v) is 6.55. The van der Waals surface area contributed by atoms with Crippen molar-refractivity contribution in [2.45, 2.75) is 26.0 Å². The summed E-state index contributed by atoms with van der Waals surface area (Å²) in [7, 11) is 3.23. The molecule has 1 aromatic heterocycles. The van der Waals surface area contributed by atoms with E-state index in [-0.39, 0.29) is 12.0 Å². The average molecular weight is 472 g/mol. The van der Waals surface area contributed by atoms with Gasteiger partial charge in [-0.2, -0.15) is 0 Å². The van der Waals surface area contributed by atoms with Crippen LogP contribution in [0.2, 0.25) is 0 Å². The van der Waals surface area contributed by atoms with Gasteiger partial charge in [0.15, 0.2) is 5.78 Å². The first-order valence-corrected chi connectivity index (χ1v) is 11.9. The summed E-state index contributed by atoms with van der Waals surface area (Å²) in [6.07, 6.45) is 2.43. The highest BCUT2D eigenvalue weighted by Gasteiger charge is 2.24. The minimum atomic E-state index is -0.112. The zero-order chi connectivity index (χ0) is 24.4. The van der Waals surface area contributed by atoms with E-state index in [0.29, 0.717) is 28.2 Å². The van der Waals surface area contributed by atoms with Crippen LogP contribution < -0.4 is 14.2 Å². The van der Waals surface area contributed by atoms with Crippen LogP contribution in [-0.2, 0) is 0 Å². The van der Waals surface area contributed by atoms with E-state index in [1.165, 1.54) is 12.8 Å². The van der Waals surface area contributed by atoms with Gasteiger partial charge in [-0.1, -0.05) is 0 Å². The summed E-state index contributed by atoms with van der Waals surface area (Å²) in [5.74, 6) is 2.55. The van der Waals surface area contributed by atoms with Crippen molar-refractivity contribution in [1.29, 1.82) is 0 Å². The number of hydrogen-bond acceptors (Lipinski definition) is 6. The third-order valence-electron chi connectivity index (χ3n) is 6.55. The third kappa shape index (κ3) is 4.62. The van der Waals surface area contributed by atoms with E-state index in [1.54, 1.807) is 20.3 Å². The van der Waals surface area contributed by atoms with E-state index in [2.05, 4.69) is 11.8 Å². The standard InChI is InChI=1S/C29H29NO5/c1-19(30-16-4-5-17-30)34-23-12-6-20(7-13-23)28(31)27-25-15-14-24(33-3)18-26(25)35-29(27)21-8-10-22(32-2)11-9-21/h6-15,18-19H,4-5,16-17H2,1-3H3.